The Hall–Kier alpha value is -2.34. The quantitative estimate of drug-likeness (QED) is 0.705. The van der Waals surface area contributed by atoms with E-state index in [0.29, 0.717) is 17.8 Å². The molecule has 25 heavy (non-hydrogen) atoms. The summed E-state index contributed by atoms with van der Waals surface area (Å²) in [5.74, 6) is -0.201. The van der Waals surface area contributed by atoms with Crippen molar-refractivity contribution in [1.82, 2.24) is 5.32 Å². The van der Waals surface area contributed by atoms with Crippen molar-refractivity contribution in [1.29, 1.82) is 0 Å². The van der Waals surface area contributed by atoms with Gasteiger partial charge in [0.05, 0.1) is 4.90 Å². The normalized spacial score (nSPS) is 11.1. The molecule has 0 radical (unpaired) electrons. The molecule has 5 nitrogen and oxygen atoms in total. The van der Waals surface area contributed by atoms with Gasteiger partial charge in [0.1, 0.15) is 0 Å². The summed E-state index contributed by atoms with van der Waals surface area (Å²) < 4.78 is 27.4. The van der Waals surface area contributed by atoms with E-state index in [9.17, 15) is 13.2 Å². The molecule has 0 saturated carbocycles. The fourth-order valence-electron chi connectivity index (χ4n) is 2.33. The lowest BCUT2D eigenvalue weighted by Crippen LogP contribution is -2.24. The third-order valence-electron chi connectivity index (χ3n) is 3.77. The van der Waals surface area contributed by atoms with Gasteiger partial charge in [-0.3, -0.25) is 9.52 Å². The Morgan fingerprint density at radius 2 is 1.76 bits per heavy atom. The summed E-state index contributed by atoms with van der Waals surface area (Å²) in [6, 6.07) is 13.1. The molecule has 2 N–H and O–H groups in total. The van der Waals surface area contributed by atoms with Gasteiger partial charge in [-0.25, -0.2) is 8.42 Å². The van der Waals surface area contributed by atoms with E-state index in [-0.39, 0.29) is 10.8 Å². The molecule has 0 unspecified atom stereocenters. The topological polar surface area (TPSA) is 75.3 Å². The number of carbonyl (C=O) groups is 1. The lowest BCUT2D eigenvalue weighted by molar-refractivity contribution is 0.0953. The summed E-state index contributed by atoms with van der Waals surface area (Å²) in [4.78, 5) is 12.3. The van der Waals surface area contributed by atoms with Gasteiger partial charge in [0, 0.05) is 17.8 Å². The second-order valence-electron chi connectivity index (χ2n) is 5.96. The molecule has 0 aliphatic heterocycles. The van der Waals surface area contributed by atoms with Crippen LogP contribution in [0.1, 0.15) is 42.1 Å². The number of unbranched alkanes of at least 4 members (excludes halogenated alkanes) is 2. The van der Waals surface area contributed by atoms with Gasteiger partial charge >= 0.3 is 0 Å². The van der Waals surface area contributed by atoms with Crippen LogP contribution in [-0.2, 0) is 10.0 Å². The van der Waals surface area contributed by atoms with Crippen LogP contribution in [0.2, 0.25) is 0 Å². The number of sulfonamides is 1. The number of rotatable bonds is 8. The van der Waals surface area contributed by atoms with Crippen LogP contribution in [0.25, 0.3) is 0 Å². The zero-order valence-corrected chi connectivity index (χ0v) is 15.4. The van der Waals surface area contributed by atoms with Crippen molar-refractivity contribution in [2.24, 2.45) is 0 Å². The highest BCUT2D eigenvalue weighted by molar-refractivity contribution is 7.92. The Kier molecular flexibility index (Phi) is 6.58. The summed E-state index contributed by atoms with van der Waals surface area (Å²) >= 11 is 0. The van der Waals surface area contributed by atoms with Gasteiger partial charge in [0.15, 0.2) is 0 Å². The zero-order valence-electron chi connectivity index (χ0n) is 14.6. The van der Waals surface area contributed by atoms with Crippen molar-refractivity contribution in [3.05, 3.63) is 59.7 Å². The molecule has 0 bridgehead atoms. The van der Waals surface area contributed by atoms with E-state index in [2.05, 4.69) is 17.0 Å². The Morgan fingerprint density at radius 1 is 1.04 bits per heavy atom. The number of hydrogen-bond donors (Lipinski definition) is 2. The van der Waals surface area contributed by atoms with Gasteiger partial charge in [-0.2, -0.15) is 0 Å². The SMILES string of the molecule is CCCCCNC(=O)c1cccc(NS(=O)(=O)c2ccc(C)cc2)c1. The molecule has 0 heterocycles. The molecule has 2 aromatic rings. The number of aryl methyl sites for hydroxylation is 1. The van der Waals surface area contributed by atoms with E-state index in [4.69, 9.17) is 0 Å². The molecule has 0 aromatic heterocycles. The first-order valence-electron chi connectivity index (χ1n) is 8.40. The first-order chi connectivity index (χ1) is 11.9. The van der Waals surface area contributed by atoms with Crippen LogP contribution in [0.3, 0.4) is 0 Å². The Bertz CT molecular complexity index is 815. The summed E-state index contributed by atoms with van der Waals surface area (Å²) in [6.45, 7) is 4.61. The molecule has 0 aliphatic carbocycles. The minimum Gasteiger partial charge on any atom is -0.352 e. The summed E-state index contributed by atoms with van der Waals surface area (Å²) in [5.41, 5.74) is 1.78. The lowest BCUT2D eigenvalue weighted by Gasteiger charge is -2.10. The summed E-state index contributed by atoms with van der Waals surface area (Å²) in [5, 5.41) is 2.85. The van der Waals surface area contributed by atoms with E-state index < -0.39 is 10.0 Å². The fourth-order valence-corrected chi connectivity index (χ4v) is 3.38. The van der Waals surface area contributed by atoms with Gasteiger partial charge in [-0.1, -0.05) is 43.5 Å². The molecular weight excluding hydrogens is 336 g/mol. The van der Waals surface area contributed by atoms with Gasteiger partial charge in [-0.05, 0) is 43.7 Å². The summed E-state index contributed by atoms with van der Waals surface area (Å²) in [7, 11) is -3.68. The van der Waals surface area contributed by atoms with Crippen molar-refractivity contribution < 1.29 is 13.2 Å². The second-order valence-corrected chi connectivity index (χ2v) is 7.64. The maximum Gasteiger partial charge on any atom is 0.261 e. The second kappa shape index (κ2) is 8.67. The lowest BCUT2D eigenvalue weighted by atomic mass is 10.2. The molecule has 2 rings (SSSR count). The van der Waals surface area contributed by atoms with E-state index in [1.165, 1.54) is 0 Å². The van der Waals surface area contributed by atoms with Crippen molar-refractivity contribution in [2.45, 2.75) is 38.0 Å². The number of hydrogen-bond acceptors (Lipinski definition) is 3. The number of nitrogens with one attached hydrogen (secondary N) is 2. The van der Waals surface area contributed by atoms with E-state index >= 15 is 0 Å². The molecule has 1 amide bonds. The van der Waals surface area contributed by atoms with Gasteiger partial charge in [0.25, 0.3) is 15.9 Å². The van der Waals surface area contributed by atoms with Crippen molar-refractivity contribution in [2.75, 3.05) is 11.3 Å². The molecule has 0 aliphatic rings. The molecule has 6 heteroatoms. The third kappa shape index (κ3) is 5.60. The number of anilines is 1. The van der Waals surface area contributed by atoms with Crippen molar-refractivity contribution >= 4 is 21.6 Å². The monoisotopic (exact) mass is 360 g/mol. The average molecular weight is 360 g/mol. The molecular formula is C19H24N2O3S. The minimum atomic E-state index is -3.68. The predicted octanol–water partition coefficient (Wildman–Crippen LogP) is 3.72. The van der Waals surface area contributed by atoms with Crippen molar-refractivity contribution in [3.8, 4) is 0 Å². The van der Waals surface area contributed by atoms with E-state index in [0.717, 1.165) is 24.8 Å². The van der Waals surface area contributed by atoms with Crippen LogP contribution in [0.4, 0.5) is 5.69 Å². The zero-order chi connectivity index (χ0) is 18.3. The highest BCUT2D eigenvalue weighted by Gasteiger charge is 2.14. The van der Waals surface area contributed by atoms with Gasteiger partial charge < -0.3 is 5.32 Å². The fraction of sp³-hybridized carbons (Fsp3) is 0.316. The van der Waals surface area contributed by atoms with Crippen LogP contribution in [0, 0.1) is 6.92 Å². The first kappa shape index (κ1) is 19.0. The largest absolute Gasteiger partial charge is 0.352 e. The van der Waals surface area contributed by atoms with Crippen LogP contribution in [0.15, 0.2) is 53.4 Å². The molecule has 2 aromatic carbocycles. The Labute approximate surface area is 149 Å². The van der Waals surface area contributed by atoms with Crippen LogP contribution in [0.5, 0.6) is 0 Å². The van der Waals surface area contributed by atoms with Crippen LogP contribution in [-0.4, -0.2) is 20.9 Å². The van der Waals surface area contributed by atoms with E-state index in [1.807, 2.05) is 6.92 Å². The highest BCUT2D eigenvalue weighted by Crippen LogP contribution is 2.17. The summed E-state index contributed by atoms with van der Waals surface area (Å²) in [6.07, 6.45) is 3.09. The molecule has 0 atom stereocenters. The van der Waals surface area contributed by atoms with Crippen LogP contribution < -0.4 is 10.0 Å². The standard InChI is InChI=1S/C19H24N2O3S/c1-3-4-5-13-20-19(22)16-7-6-8-17(14-16)21-25(23,24)18-11-9-15(2)10-12-18/h6-12,14,21H,3-5,13H2,1-2H3,(H,20,22). The first-order valence-corrected chi connectivity index (χ1v) is 9.88. The molecule has 0 spiro atoms. The molecule has 0 saturated heterocycles. The third-order valence-corrected chi connectivity index (χ3v) is 5.17. The highest BCUT2D eigenvalue weighted by atomic mass is 32.2. The van der Waals surface area contributed by atoms with Gasteiger partial charge in [0.2, 0.25) is 0 Å². The molecule has 134 valence electrons. The maximum atomic E-state index is 12.4. The predicted molar refractivity (Wildman–Crippen MR) is 100 cm³/mol. The van der Waals surface area contributed by atoms with Crippen molar-refractivity contribution in [3.63, 3.8) is 0 Å². The number of benzene rings is 2. The average Bonchev–Trinajstić information content (AvgIpc) is 2.59. The van der Waals surface area contributed by atoms with Gasteiger partial charge in [-0.15, -0.1) is 0 Å². The minimum absolute atomic E-state index is 0.188. The van der Waals surface area contributed by atoms with Crippen LogP contribution >= 0.6 is 0 Å². The Morgan fingerprint density at radius 3 is 2.44 bits per heavy atom. The van der Waals surface area contributed by atoms with E-state index in [1.54, 1.807) is 48.5 Å². The smallest absolute Gasteiger partial charge is 0.261 e. The Balaban J connectivity index is 2.08. The maximum absolute atomic E-state index is 12.4. The number of carbonyl (C=O) groups excluding carboxylic acids is 1. The number of amides is 1. The molecule has 0 fully saturated rings.